The molecule has 1 unspecified atom stereocenters. The largest absolute Gasteiger partial charge is 0.481 e. The van der Waals surface area contributed by atoms with Crippen molar-refractivity contribution < 1.29 is 32.2 Å². The van der Waals surface area contributed by atoms with Crippen LogP contribution < -0.4 is 4.31 Å². The predicted octanol–water partition coefficient (Wildman–Crippen LogP) is 4.45. The lowest BCUT2D eigenvalue weighted by Crippen LogP contribution is -2.47. The molecule has 1 aliphatic heterocycles. The summed E-state index contributed by atoms with van der Waals surface area (Å²) in [6.07, 6.45) is 3.98. The fraction of sp³-hybridized carbons (Fsp3) is 0.500. The van der Waals surface area contributed by atoms with Crippen molar-refractivity contribution in [1.29, 1.82) is 0 Å². The second kappa shape index (κ2) is 10.8. The van der Waals surface area contributed by atoms with Crippen LogP contribution in [0.2, 0.25) is 0 Å². The van der Waals surface area contributed by atoms with E-state index in [-0.39, 0.29) is 11.9 Å². The molecule has 202 valence electrons. The molecule has 0 saturated carbocycles. The summed E-state index contributed by atoms with van der Waals surface area (Å²) >= 11 is 0. The molecule has 37 heavy (non-hydrogen) atoms. The molecule has 1 aromatic carbocycles. The molecule has 2 heterocycles. The van der Waals surface area contributed by atoms with Gasteiger partial charge in [-0.05, 0) is 51.0 Å². The standard InChI is InChI=1S/C26H34FN3O6S/c1-15(2)22-20(13-12-19-14-21(16(3)24(31)32)36-26(4,5)35-19)23(17-8-10-18(27)11-9-17)29-25(28-22)30(6)37(7,33)34/h8-13,15-16,19,21H,14H2,1-7H3,(H,31,32)/b13-12+/t16?,19-,21-/m1/s1. The Morgan fingerprint density at radius 2 is 1.81 bits per heavy atom. The van der Waals surface area contributed by atoms with E-state index in [1.165, 1.54) is 19.2 Å². The molecule has 2 aromatic rings. The van der Waals surface area contributed by atoms with Crippen LogP contribution >= 0.6 is 0 Å². The van der Waals surface area contributed by atoms with E-state index in [1.807, 2.05) is 19.9 Å². The highest BCUT2D eigenvalue weighted by Gasteiger charge is 2.39. The van der Waals surface area contributed by atoms with Crippen molar-refractivity contribution in [2.75, 3.05) is 17.6 Å². The van der Waals surface area contributed by atoms with Crippen LogP contribution in [0.1, 0.15) is 58.2 Å². The van der Waals surface area contributed by atoms with Crippen LogP contribution in [0.25, 0.3) is 17.3 Å². The molecule has 11 heteroatoms. The quantitative estimate of drug-likeness (QED) is 0.527. The van der Waals surface area contributed by atoms with Gasteiger partial charge in [-0.3, -0.25) is 4.79 Å². The molecule has 1 fully saturated rings. The van der Waals surface area contributed by atoms with Crippen LogP contribution in [-0.4, -0.2) is 60.8 Å². The molecule has 0 radical (unpaired) electrons. The number of carboxylic acid groups (broad SMARTS) is 1. The van der Waals surface area contributed by atoms with Crippen molar-refractivity contribution in [3.63, 3.8) is 0 Å². The van der Waals surface area contributed by atoms with Gasteiger partial charge in [0.25, 0.3) is 0 Å². The molecule has 1 aliphatic rings. The number of halogens is 1. The molecule has 9 nitrogen and oxygen atoms in total. The van der Waals surface area contributed by atoms with Crippen LogP contribution in [0.3, 0.4) is 0 Å². The van der Waals surface area contributed by atoms with Crippen LogP contribution in [0.5, 0.6) is 0 Å². The van der Waals surface area contributed by atoms with Crippen molar-refractivity contribution in [3.8, 4) is 11.3 Å². The molecule has 1 saturated heterocycles. The molecular formula is C26H34FN3O6S. The monoisotopic (exact) mass is 535 g/mol. The van der Waals surface area contributed by atoms with E-state index in [0.717, 1.165) is 10.6 Å². The topological polar surface area (TPSA) is 119 Å². The van der Waals surface area contributed by atoms with Gasteiger partial charge in [-0.25, -0.2) is 27.1 Å². The van der Waals surface area contributed by atoms with Crippen molar-refractivity contribution >= 4 is 28.0 Å². The Kier molecular flexibility index (Phi) is 8.40. The first kappa shape index (κ1) is 28.7. The van der Waals surface area contributed by atoms with Gasteiger partial charge in [0.15, 0.2) is 5.79 Å². The smallest absolute Gasteiger partial charge is 0.308 e. The van der Waals surface area contributed by atoms with E-state index >= 15 is 0 Å². The summed E-state index contributed by atoms with van der Waals surface area (Å²) in [6.45, 7) is 8.92. The first-order valence-corrected chi connectivity index (χ1v) is 13.8. The number of aliphatic carboxylic acids is 1. The molecular weight excluding hydrogens is 501 g/mol. The van der Waals surface area contributed by atoms with Crippen LogP contribution in [0, 0.1) is 11.7 Å². The summed E-state index contributed by atoms with van der Waals surface area (Å²) in [5.41, 5.74) is 2.24. The number of carboxylic acids is 1. The molecule has 0 bridgehead atoms. The zero-order chi connectivity index (χ0) is 27.7. The highest BCUT2D eigenvalue weighted by atomic mass is 32.2. The maximum absolute atomic E-state index is 13.7. The lowest BCUT2D eigenvalue weighted by Gasteiger charge is -2.41. The number of carbonyl (C=O) groups is 1. The normalized spacial score (nSPS) is 20.8. The summed E-state index contributed by atoms with van der Waals surface area (Å²) in [5.74, 6) is -3.20. The minimum atomic E-state index is -3.63. The second-order valence-electron chi connectivity index (χ2n) is 10.00. The zero-order valence-corrected chi connectivity index (χ0v) is 22.9. The molecule has 0 aliphatic carbocycles. The second-order valence-corrected chi connectivity index (χ2v) is 12.0. The van der Waals surface area contributed by atoms with Gasteiger partial charge in [0, 0.05) is 24.6 Å². The fourth-order valence-corrected chi connectivity index (χ4v) is 4.44. The number of hydrogen-bond donors (Lipinski definition) is 1. The van der Waals surface area contributed by atoms with E-state index in [1.54, 1.807) is 39.0 Å². The number of benzene rings is 1. The van der Waals surface area contributed by atoms with Crippen LogP contribution in [0.15, 0.2) is 30.3 Å². The van der Waals surface area contributed by atoms with Gasteiger partial charge < -0.3 is 14.6 Å². The van der Waals surface area contributed by atoms with Crippen molar-refractivity contribution in [2.45, 2.75) is 65.0 Å². The maximum Gasteiger partial charge on any atom is 0.308 e. The Bertz CT molecular complexity index is 1280. The van der Waals surface area contributed by atoms with Crippen LogP contribution in [-0.2, 0) is 24.3 Å². The molecule has 1 N–H and O–H groups in total. The zero-order valence-electron chi connectivity index (χ0n) is 22.1. The lowest BCUT2D eigenvalue weighted by molar-refractivity contribution is -0.297. The number of ether oxygens (including phenoxy) is 2. The first-order chi connectivity index (χ1) is 17.1. The summed E-state index contributed by atoms with van der Waals surface area (Å²) < 4.78 is 51.1. The number of aromatic nitrogens is 2. The van der Waals surface area contributed by atoms with Gasteiger partial charge >= 0.3 is 5.97 Å². The molecule has 1 aromatic heterocycles. The third-order valence-electron chi connectivity index (χ3n) is 6.17. The Labute approximate surface area is 217 Å². The highest BCUT2D eigenvalue weighted by molar-refractivity contribution is 7.92. The average Bonchev–Trinajstić information content (AvgIpc) is 2.80. The Hall–Kier alpha value is -2.89. The van der Waals surface area contributed by atoms with Gasteiger partial charge in [-0.2, -0.15) is 0 Å². The minimum absolute atomic E-state index is 0.00136. The SMILES string of the molecule is CC(C)c1nc(N(C)S(C)(=O)=O)nc(-c2ccc(F)cc2)c1/C=C/[C@@H]1C[C@H](C(C)C(=O)O)OC(C)(C)O1. The number of nitrogens with zero attached hydrogens (tertiary/aromatic N) is 3. The Balaban J connectivity index is 2.14. The lowest BCUT2D eigenvalue weighted by atomic mass is 9.95. The van der Waals surface area contributed by atoms with Gasteiger partial charge in [-0.15, -0.1) is 0 Å². The van der Waals surface area contributed by atoms with Crippen molar-refractivity contribution in [2.24, 2.45) is 5.92 Å². The highest BCUT2D eigenvalue weighted by Crippen LogP contribution is 2.34. The maximum atomic E-state index is 13.7. The number of sulfonamides is 1. The summed E-state index contributed by atoms with van der Waals surface area (Å²) in [4.78, 5) is 20.7. The molecule has 0 spiro atoms. The average molecular weight is 536 g/mol. The minimum Gasteiger partial charge on any atom is -0.481 e. The van der Waals surface area contributed by atoms with Gasteiger partial charge in [0.05, 0.1) is 35.8 Å². The first-order valence-electron chi connectivity index (χ1n) is 12.0. The van der Waals surface area contributed by atoms with E-state index < -0.39 is 45.7 Å². The van der Waals surface area contributed by atoms with Crippen molar-refractivity contribution in [1.82, 2.24) is 9.97 Å². The fourth-order valence-electron chi connectivity index (χ4n) is 4.06. The van der Waals surface area contributed by atoms with Gasteiger partial charge in [0.1, 0.15) is 5.82 Å². The van der Waals surface area contributed by atoms with Gasteiger partial charge in [-0.1, -0.05) is 26.0 Å². The molecule has 0 amide bonds. The van der Waals surface area contributed by atoms with E-state index in [9.17, 15) is 22.7 Å². The summed E-state index contributed by atoms with van der Waals surface area (Å²) in [5, 5.41) is 9.48. The molecule has 3 rings (SSSR count). The summed E-state index contributed by atoms with van der Waals surface area (Å²) in [7, 11) is -2.26. The molecule has 3 atom stereocenters. The Morgan fingerprint density at radius 1 is 1.19 bits per heavy atom. The van der Waals surface area contributed by atoms with E-state index in [0.29, 0.717) is 28.9 Å². The number of hydrogen-bond acceptors (Lipinski definition) is 7. The number of anilines is 1. The Morgan fingerprint density at radius 3 is 2.35 bits per heavy atom. The van der Waals surface area contributed by atoms with E-state index in [2.05, 4.69) is 9.97 Å². The van der Waals surface area contributed by atoms with Gasteiger partial charge in [0.2, 0.25) is 16.0 Å². The van der Waals surface area contributed by atoms with Crippen LogP contribution in [0.4, 0.5) is 10.3 Å². The predicted molar refractivity (Wildman–Crippen MR) is 139 cm³/mol. The third-order valence-corrected chi connectivity index (χ3v) is 7.32. The summed E-state index contributed by atoms with van der Waals surface area (Å²) in [6, 6.07) is 5.76. The van der Waals surface area contributed by atoms with E-state index in [4.69, 9.17) is 9.47 Å². The van der Waals surface area contributed by atoms with Crippen molar-refractivity contribution in [3.05, 3.63) is 47.4 Å². The number of rotatable bonds is 8. The third kappa shape index (κ3) is 6.91.